The minimum absolute atomic E-state index is 0. The van der Waals surface area contributed by atoms with E-state index >= 15 is 0 Å². The maximum absolute atomic E-state index is 10.9. The zero-order chi connectivity index (χ0) is 21.8. The molecule has 0 atom stereocenters. The molecule has 0 aromatic heterocycles. The van der Waals surface area contributed by atoms with Gasteiger partial charge in [0.2, 0.25) is 0 Å². The molecule has 1 aliphatic rings. The summed E-state index contributed by atoms with van der Waals surface area (Å²) in [6.07, 6.45) is 2.46. The maximum Gasteiger partial charge on any atom is 0.255 e. The fourth-order valence-electron chi connectivity index (χ4n) is 3.29. The lowest BCUT2D eigenvalue weighted by Crippen LogP contribution is -2.49. The molecule has 0 spiro atoms. The molecule has 31 heavy (non-hydrogen) atoms. The first-order chi connectivity index (χ1) is 14.5. The monoisotopic (exact) mass is 547 g/mol. The molecule has 0 saturated carbocycles. The van der Waals surface area contributed by atoms with Crippen molar-refractivity contribution in [2.45, 2.75) is 52.3 Å². The second-order valence-electron chi connectivity index (χ2n) is 7.78. The quantitative estimate of drug-likeness (QED) is 0.223. The number of nitrogens with two attached hydrogens (primary N) is 1. The summed E-state index contributed by atoms with van der Waals surface area (Å²) in [5.41, 5.74) is 6.14. The van der Waals surface area contributed by atoms with Crippen molar-refractivity contribution in [3.8, 4) is 5.75 Å². The Morgan fingerprint density at radius 1 is 1.32 bits per heavy atom. The Kier molecular flexibility index (Phi) is 13.5. The molecule has 1 saturated heterocycles. The van der Waals surface area contributed by atoms with Gasteiger partial charge in [-0.1, -0.05) is 12.1 Å². The van der Waals surface area contributed by atoms with Gasteiger partial charge in [0.15, 0.2) is 12.6 Å². The lowest BCUT2D eigenvalue weighted by Gasteiger charge is -2.33. The molecule has 1 aromatic carbocycles. The molecule has 1 fully saturated rings. The number of likely N-dealkylation sites (tertiary alicyclic amines) is 1. The summed E-state index contributed by atoms with van der Waals surface area (Å²) in [4.78, 5) is 18.1. The van der Waals surface area contributed by atoms with E-state index in [-0.39, 0.29) is 30.6 Å². The number of halogens is 1. The Bertz CT molecular complexity index is 679. The highest BCUT2D eigenvalue weighted by Crippen LogP contribution is 2.14. The van der Waals surface area contributed by atoms with E-state index < -0.39 is 5.91 Å². The lowest BCUT2D eigenvalue weighted by molar-refractivity contribution is -0.119. The third kappa shape index (κ3) is 11.6. The van der Waals surface area contributed by atoms with Crippen LogP contribution in [0, 0.1) is 0 Å². The molecule has 4 N–H and O–H groups in total. The van der Waals surface area contributed by atoms with E-state index in [0.29, 0.717) is 24.4 Å². The first kappa shape index (κ1) is 27.4. The number of guanidine groups is 1. The highest BCUT2D eigenvalue weighted by atomic mass is 127. The van der Waals surface area contributed by atoms with Crippen molar-refractivity contribution in [2.75, 3.05) is 39.4 Å². The minimum atomic E-state index is -0.490. The van der Waals surface area contributed by atoms with Gasteiger partial charge < -0.3 is 30.7 Å². The molecule has 0 unspecified atom stereocenters. The normalized spacial score (nSPS) is 15.4. The van der Waals surface area contributed by atoms with Crippen molar-refractivity contribution in [2.24, 2.45) is 10.7 Å². The molecule has 1 aliphatic heterocycles. The number of hydrogen-bond donors (Lipinski definition) is 3. The minimum Gasteiger partial charge on any atom is -0.484 e. The van der Waals surface area contributed by atoms with Gasteiger partial charge in [0.05, 0.1) is 19.3 Å². The van der Waals surface area contributed by atoms with Gasteiger partial charge in [-0.2, -0.15) is 0 Å². The van der Waals surface area contributed by atoms with Gasteiger partial charge in [-0.25, -0.2) is 4.99 Å². The lowest BCUT2D eigenvalue weighted by atomic mass is 10.1. The summed E-state index contributed by atoms with van der Waals surface area (Å²) in [7, 11) is 0. The van der Waals surface area contributed by atoms with Crippen LogP contribution >= 0.6 is 24.0 Å². The average molecular weight is 547 g/mol. The third-order valence-electron chi connectivity index (χ3n) is 4.83. The molecule has 8 nitrogen and oxygen atoms in total. The number of rotatable bonds is 11. The fourth-order valence-corrected chi connectivity index (χ4v) is 3.29. The van der Waals surface area contributed by atoms with Crippen LogP contribution in [0.15, 0.2) is 29.3 Å². The Labute approximate surface area is 203 Å². The van der Waals surface area contributed by atoms with Crippen LogP contribution in [0.5, 0.6) is 5.75 Å². The van der Waals surface area contributed by atoms with Gasteiger partial charge in [-0.05, 0) is 51.3 Å². The van der Waals surface area contributed by atoms with Crippen LogP contribution in [0.3, 0.4) is 0 Å². The number of amides is 1. The number of piperidine rings is 1. The first-order valence-corrected chi connectivity index (χ1v) is 10.8. The second kappa shape index (κ2) is 15.3. The largest absolute Gasteiger partial charge is 0.484 e. The fraction of sp³-hybridized carbons (Fsp3) is 0.636. The van der Waals surface area contributed by atoms with Crippen LogP contribution in [0.25, 0.3) is 0 Å². The highest BCUT2D eigenvalue weighted by Gasteiger charge is 2.19. The molecule has 0 radical (unpaired) electrons. The van der Waals surface area contributed by atoms with Crippen LogP contribution in [-0.2, 0) is 16.1 Å². The number of hydrogen-bond acceptors (Lipinski definition) is 5. The SMILES string of the molecule is CCNC(=NCc1cccc(OCC(N)=O)c1)NC1CCN(CCOC(C)C)CC1.I. The van der Waals surface area contributed by atoms with Crippen molar-refractivity contribution in [3.05, 3.63) is 29.8 Å². The smallest absolute Gasteiger partial charge is 0.255 e. The summed E-state index contributed by atoms with van der Waals surface area (Å²) >= 11 is 0. The molecule has 2 rings (SSSR count). The zero-order valence-corrected chi connectivity index (χ0v) is 21.3. The second-order valence-corrected chi connectivity index (χ2v) is 7.78. The summed E-state index contributed by atoms with van der Waals surface area (Å²) in [6.45, 7) is 11.3. The van der Waals surface area contributed by atoms with E-state index in [1.165, 1.54) is 0 Å². The average Bonchev–Trinajstić information content (AvgIpc) is 2.72. The van der Waals surface area contributed by atoms with Crippen molar-refractivity contribution in [1.29, 1.82) is 0 Å². The van der Waals surface area contributed by atoms with Gasteiger partial charge in [0.1, 0.15) is 5.75 Å². The first-order valence-electron chi connectivity index (χ1n) is 10.8. The molecule has 1 aromatic rings. The number of aliphatic imine (C=N–C) groups is 1. The van der Waals surface area contributed by atoms with E-state index in [1.54, 1.807) is 6.07 Å². The Morgan fingerprint density at radius 2 is 2.06 bits per heavy atom. The van der Waals surface area contributed by atoms with Crippen LogP contribution < -0.4 is 21.1 Å². The molecular formula is C22H38IN5O3. The summed E-state index contributed by atoms with van der Waals surface area (Å²) < 4.78 is 11.0. The molecule has 9 heteroatoms. The number of nitrogens with zero attached hydrogens (tertiary/aromatic N) is 2. The zero-order valence-electron chi connectivity index (χ0n) is 18.9. The van der Waals surface area contributed by atoms with Crippen LogP contribution in [0.2, 0.25) is 0 Å². The van der Waals surface area contributed by atoms with Crippen LogP contribution in [-0.4, -0.2) is 68.3 Å². The predicted octanol–water partition coefficient (Wildman–Crippen LogP) is 2.11. The Balaban J connectivity index is 0.00000480. The summed E-state index contributed by atoms with van der Waals surface area (Å²) in [5.74, 6) is 0.950. The van der Waals surface area contributed by atoms with Crippen molar-refractivity contribution in [3.63, 3.8) is 0 Å². The standard InChI is InChI=1S/C22H37N5O3.HI/c1-4-24-22(25-15-18-6-5-7-20(14-18)30-16-21(23)28)26-19-8-10-27(11-9-19)12-13-29-17(2)3;/h5-7,14,17,19H,4,8-13,15-16H2,1-3H3,(H2,23,28)(H2,24,25,26);1H. The summed E-state index contributed by atoms with van der Waals surface area (Å²) in [5, 5.41) is 6.89. The van der Waals surface area contributed by atoms with Gasteiger partial charge in [-0.15, -0.1) is 24.0 Å². The van der Waals surface area contributed by atoms with E-state index in [9.17, 15) is 4.79 Å². The number of ether oxygens (including phenoxy) is 2. The highest BCUT2D eigenvalue weighted by molar-refractivity contribution is 14.0. The number of nitrogens with one attached hydrogen (secondary N) is 2. The predicted molar refractivity (Wildman–Crippen MR) is 135 cm³/mol. The number of benzene rings is 1. The maximum atomic E-state index is 10.9. The van der Waals surface area contributed by atoms with Gasteiger partial charge in [-0.3, -0.25) is 4.79 Å². The van der Waals surface area contributed by atoms with E-state index in [1.807, 2.05) is 18.2 Å². The number of carbonyl (C=O) groups excluding carboxylic acids is 1. The van der Waals surface area contributed by atoms with E-state index in [0.717, 1.165) is 57.2 Å². The molecule has 1 amide bonds. The molecule has 0 bridgehead atoms. The van der Waals surface area contributed by atoms with Crippen LogP contribution in [0.4, 0.5) is 0 Å². The molecule has 1 heterocycles. The van der Waals surface area contributed by atoms with Crippen LogP contribution in [0.1, 0.15) is 39.2 Å². The summed E-state index contributed by atoms with van der Waals surface area (Å²) in [6, 6.07) is 7.98. The van der Waals surface area contributed by atoms with Crippen molar-refractivity contribution in [1.82, 2.24) is 15.5 Å². The van der Waals surface area contributed by atoms with Gasteiger partial charge in [0, 0.05) is 32.2 Å². The topological polar surface area (TPSA) is 101 Å². The van der Waals surface area contributed by atoms with E-state index in [4.69, 9.17) is 20.2 Å². The molecular weight excluding hydrogens is 509 g/mol. The Hall–Kier alpha value is -1.59. The van der Waals surface area contributed by atoms with Gasteiger partial charge >= 0.3 is 0 Å². The van der Waals surface area contributed by atoms with Gasteiger partial charge in [0.25, 0.3) is 5.91 Å². The molecule has 0 aliphatic carbocycles. The Morgan fingerprint density at radius 3 is 2.71 bits per heavy atom. The van der Waals surface area contributed by atoms with Crippen molar-refractivity contribution < 1.29 is 14.3 Å². The van der Waals surface area contributed by atoms with Crippen molar-refractivity contribution >= 4 is 35.8 Å². The number of primary amides is 1. The third-order valence-corrected chi connectivity index (χ3v) is 4.83. The number of carbonyl (C=O) groups is 1. The van der Waals surface area contributed by atoms with E-state index in [2.05, 4.69) is 36.3 Å². The molecule has 176 valence electrons.